The maximum absolute atomic E-state index is 12.6. The number of hydrogen-bond donors (Lipinski definition) is 3. The van der Waals surface area contributed by atoms with Crippen molar-refractivity contribution in [3.8, 4) is 16.5 Å². The first-order valence-electron chi connectivity index (χ1n) is 11.7. The molecule has 2 aliphatic rings. The summed E-state index contributed by atoms with van der Waals surface area (Å²) in [7, 11) is 0. The predicted octanol–water partition coefficient (Wildman–Crippen LogP) is 2.74. The Hall–Kier alpha value is -4.39. The summed E-state index contributed by atoms with van der Waals surface area (Å²) in [4.78, 5) is 50.8. The molecule has 0 aromatic carbocycles. The van der Waals surface area contributed by atoms with Crippen LogP contribution in [-0.2, 0) is 9.59 Å². The minimum absolute atomic E-state index is 0.142. The monoisotopic (exact) mass is 520 g/mol. The number of rotatable bonds is 7. The lowest BCUT2D eigenvalue weighted by Gasteiger charge is -2.19. The summed E-state index contributed by atoms with van der Waals surface area (Å²) < 4.78 is 5.85. The zero-order chi connectivity index (χ0) is 25.6. The Morgan fingerprint density at radius 2 is 1.95 bits per heavy atom. The van der Waals surface area contributed by atoms with Crippen LogP contribution < -0.4 is 20.8 Å². The first-order chi connectivity index (χ1) is 18.0. The van der Waals surface area contributed by atoms with Crippen molar-refractivity contribution in [2.45, 2.75) is 19.3 Å². The zero-order valence-electron chi connectivity index (χ0n) is 19.7. The largest absolute Gasteiger partial charge is 0.477 e. The lowest BCUT2D eigenvalue weighted by Crippen LogP contribution is -2.39. The highest BCUT2D eigenvalue weighted by molar-refractivity contribution is 7.13. The standard InChI is InChI=1S/C24H24N8O4S/c33-20-5-4-17(30-31-20)23(34)32-11-8-15(12-32)13-36-21-3-1-2-18(26-21)28-24(35)29-19-14-37-22(27-19)16-6-9-25-10-7-16/h1-3,6-7,9-10,14-15H,4-5,8,11-13H2,(H,31,33)(H2,26,28,29,35). The smallest absolute Gasteiger partial charge is 0.326 e. The lowest BCUT2D eigenvalue weighted by molar-refractivity contribution is -0.123. The van der Waals surface area contributed by atoms with Crippen molar-refractivity contribution < 1.29 is 19.1 Å². The average Bonchev–Trinajstić information content (AvgIpc) is 3.58. The fourth-order valence-electron chi connectivity index (χ4n) is 3.95. The van der Waals surface area contributed by atoms with E-state index in [4.69, 9.17) is 4.74 Å². The molecule has 2 aliphatic heterocycles. The lowest BCUT2D eigenvalue weighted by atomic mass is 10.1. The number of carbonyl (C=O) groups excluding carboxylic acids is 3. The predicted molar refractivity (Wildman–Crippen MR) is 137 cm³/mol. The summed E-state index contributed by atoms with van der Waals surface area (Å²) in [5.74, 6) is 0.957. The van der Waals surface area contributed by atoms with Gasteiger partial charge in [-0.3, -0.25) is 25.2 Å². The number of hydrazone groups is 1. The summed E-state index contributed by atoms with van der Waals surface area (Å²) in [6.07, 6.45) is 4.80. The fraction of sp³-hybridized carbons (Fsp3) is 0.292. The molecule has 4 amide bonds. The van der Waals surface area contributed by atoms with Gasteiger partial charge in [0.05, 0.1) is 6.61 Å². The number of carbonyl (C=O) groups is 3. The van der Waals surface area contributed by atoms with Crippen molar-refractivity contribution >= 4 is 46.5 Å². The molecule has 37 heavy (non-hydrogen) atoms. The molecule has 0 spiro atoms. The van der Waals surface area contributed by atoms with Gasteiger partial charge in [0, 0.05) is 61.3 Å². The summed E-state index contributed by atoms with van der Waals surface area (Å²) in [6, 6.07) is 8.35. The van der Waals surface area contributed by atoms with Crippen molar-refractivity contribution in [3.63, 3.8) is 0 Å². The molecule has 1 atom stereocenters. The van der Waals surface area contributed by atoms with Gasteiger partial charge >= 0.3 is 6.03 Å². The Bertz CT molecular complexity index is 1330. The van der Waals surface area contributed by atoms with Gasteiger partial charge in [0.1, 0.15) is 22.4 Å². The van der Waals surface area contributed by atoms with E-state index in [9.17, 15) is 14.4 Å². The van der Waals surface area contributed by atoms with Gasteiger partial charge in [0.15, 0.2) is 0 Å². The van der Waals surface area contributed by atoms with Gasteiger partial charge in [0.2, 0.25) is 11.8 Å². The molecule has 5 heterocycles. The maximum Gasteiger partial charge on any atom is 0.326 e. The van der Waals surface area contributed by atoms with Crippen LogP contribution in [-0.4, -0.2) is 63.1 Å². The number of aromatic nitrogens is 3. The molecule has 5 rings (SSSR count). The summed E-state index contributed by atoms with van der Waals surface area (Å²) >= 11 is 1.42. The molecule has 13 heteroatoms. The zero-order valence-corrected chi connectivity index (χ0v) is 20.5. The van der Waals surface area contributed by atoms with Crippen molar-refractivity contribution in [2.24, 2.45) is 11.0 Å². The normalized spacial score (nSPS) is 17.1. The molecule has 190 valence electrons. The van der Waals surface area contributed by atoms with E-state index >= 15 is 0 Å². The number of pyridine rings is 2. The number of thiazole rings is 1. The number of nitrogens with zero attached hydrogens (tertiary/aromatic N) is 5. The van der Waals surface area contributed by atoms with Crippen LogP contribution in [0.5, 0.6) is 5.88 Å². The Morgan fingerprint density at radius 1 is 1.11 bits per heavy atom. The number of likely N-dealkylation sites (tertiary alicyclic amines) is 1. The SMILES string of the molecule is O=C1CCC(C(=O)N2CCC(COc3cccc(NC(=O)Nc4csc(-c5ccncc5)n4)n3)C2)=NN1. The number of urea groups is 1. The first-order valence-corrected chi connectivity index (χ1v) is 12.6. The van der Waals surface area contributed by atoms with E-state index in [0.717, 1.165) is 17.0 Å². The van der Waals surface area contributed by atoms with Crippen LogP contribution in [0, 0.1) is 5.92 Å². The molecule has 3 N–H and O–H groups in total. The van der Waals surface area contributed by atoms with Gasteiger partial charge in [0.25, 0.3) is 5.91 Å². The van der Waals surface area contributed by atoms with Crippen molar-refractivity contribution in [1.29, 1.82) is 0 Å². The van der Waals surface area contributed by atoms with Crippen molar-refractivity contribution in [1.82, 2.24) is 25.3 Å². The molecule has 3 aromatic heterocycles. The highest BCUT2D eigenvalue weighted by Gasteiger charge is 2.30. The van der Waals surface area contributed by atoms with E-state index in [-0.39, 0.29) is 24.2 Å². The second-order valence-electron chi connectivity index (χ2n) is 8.52. The average molecular weight is 521 g/mol. The van der Waals surface area contributed by atoms with Gasteiger partial charge in [-0.1, -0.05) is 6.07 Å². The molecule has 0 saturated carbocycles. The quantitative estimate of drug-likeness (QED) is 0.433. The number of ether oxygens (including phenoxy) is 1. The number of nitrogens with one attached hydrogen (secondary N) is 3. The second-order valence-corrected chi connectivity index (χ2v) is 9.38. The van der Waals surface area contributed by atoms with Gasteiger partial charge in [-0.25, -0.2) is 15.2 Å². The Balaban J connectivity index is 1.10. The van der Waals surface area contributed by atoms with Gasteiger partial charge in [-0.05, 0) is 24.6 Å². The van der Waals surface area contributed by atoms with Crippen LogP contribution in [0.25, 0.3) is 10.6 Å². The third-order valence-electron chi connectivity index (χ3n) is 5.83. The summed E-state index contributed by atoms with van der Waals surface area (Å²) in [6.45, 7) is 1.53. The first kappa shape index (κ1) is 24.3. The molecule has 0 bridgehead atoms. The van der Waals surface area contributed by atoms with Crippen molar-refractivity contribution in [3.05, 3.63) is 48.1 Å². The van der Waals surface area contributed by atoms with Gasteiger partial charge in [-0.2, -0.15) is 10.1 Å². The Morgan fingerprint density at radius 3 is 2.76 bits per heavy atom. The van der Waals surface area contributed by atoms with Crippen LogP contribution in [0.2, 0.25) is 0 Å². The molecular weight excluding hydrogens is 496 g/mol. The van der Waals surface area contributed by atoms with Gasteiger partial charge < -0.3 is 9.64 Å². The minimum Gasteiger partial charge on any atom is -0.477 e. The van der Waals surface area contributed by atoms with Crippen LogP contribution in [0.15, 0.2) is 53.2 Å². The molecule has 1 unspecified atom stereocenters. The topological polar surface area (TPSA) is 151 Å². The third-order valence-corrected chi connectivity index (χ3v) is 6.72. The van der Waals surface area contributed by atoms with Crippen LogP contribution >= 0.6 is 11.3 Å². The van der Waals surface area contributed by atoms with E-state index in [0.29, 0.717) is 49.3 Å². The molecule has 12 nitrogen and oxygen atoms in total. The maximum atomic E-state index is 12.6. The van der Waals surface area contributed by atoms with E-state index < -0.39 is 6.03 Å². The fourth-order valence-corrected chi connectivity index (χ4v) is 4.71. The van der Waals surface area contributed by atoms with Gasteiger partial charge in [-0.15, -0.1) is 11.3 Å². The van der Waals surface area contributed by atoms with E-state index in [2.05, 4.69) is 36.1 Å². The number of hydrogen-bond acceptors (Lipinski definition) is 9. The Labute approximate surface area is 216 Å². The van der Waals surface area contributed by atoms with Crippen molar-refractivity contribution in [2.75, 3.05) is 30.3 Å². The molecule has 1 saturated heterocycles. The molecule has 3 aromatic rings. The second kappa shape index (κ2) is 11.1. The number of amides is 4. The van der Waals surface area contributed by atoms with E-state index in [1.54, 1.807) is 40.9 Å². The third kappa shape index (κ3) is 6.25. The number of anilines is 2. The van der Waals surface area contributed by atoms with E-state index in [1.165, 1.54) is 11.3 Å². The Kier molecular flexibility index (Phi) is 7.31. The molecule has 0 radical (unpaired) electrons. The summed E-state index contributed by atoms with van der Waals surface area (Å²) in [5, 5.41) is 11.8. The summed E-state index contributed by atoms with van der Waals surface area (Å²) in [5.41, 5.74) is 3.67. The van der Waals surface area contributed by atoms with Crippen LogP contribution in [0.1, 0.15) is 19.3 Å². The molecular formula is C24H24N8O4S. The van der Waals surface area contributed by atoms with Crippen LogP contribution in [0.4, 0.5) is 16.4 Å². The van der Waals surface area contributed by atoms with Crippen LogP contribution in [0.3, 0.4) is 0 Å². The highest BCUT2D eigenvalue weighted by atomic mass is 32.1. The molecule has 1 fully saturated rings. The minimum atomic E-state index is -0.469. The highest BCUT2D eigenvalue weighted by Crippen LogP contribution is 2.25. The molecule has 0 aliphatic carbocycles. The van der Waals surface area contributed by atoms with E-state index in [1.807, 2.05) is 12.1 Å².